The second-order valence-corrected chi connectivity index (χ2v) is 6.27. The molecule has 0 saturated carbocycles. The fourth-order valence-corrected chi connectivity index (χ4v) is 2.18. The first-order valence-electron chi connectivity index (χ1n) is 6.83. The third-order valence-corrected chi connectivity index (χ3v) is 3.64. The van der Waals surface area contributed by atoms with E-state index in [1.54, 1.807) is 0 Å². The van der Waals surface area contributed by atoms with Crippen LogP contribution < -0.4 is 39.7 Å². The summed E-state index contributed by atoms with van der Waals surface area (Å²) in [5.74, 6) is 0.112. The minimum absolute atomic E-state index is 0. The number of ether oxygens (including phenoxy) is 1. The van der Waals surface area contributed by atoms with Gasteiger partial charge in [0, 0.05) is 0 Å². The largest absolute Gasteiger partial charge is 1.00 e. The summed E-state index contributed by atoms with van der Waals surface area (Å²) in [4.78, 5) is 11.6. The van der Waals surface area contributed by atoms with Crippen molar-refractivity contribution in [1.29, 1.82) is 0 Å². The topological polar surface area (TPSA) is 121 Å². The fraction of sp³-hybridized carbons (Fsp3) is 0.200. The first-order chi connectivity index (χ1) is 11.3. The summed E-state index contributed by atoms with van der Waals surface area (Å²) in [6.45, 7) is 3.54. The van der Waals surface area contributed by atoms with Crippen LogP contribution in [0, 0.1) is 13.8 Å². The van der Waals surface area contributed by atoms with Gasteiger partial charge < -0.3 is 13.7 Å². The molecule has 0 aliphatic carbocycles. The molecule has 0 saturated heterocycles. The molecule has 8 nitrogen and oxygen atoms in total. The molecule has 2 aromatic rings. The van der Waals surface area contributed by atoms with Crippen molar-refractivity contribution in [2.45, 2.75) is 18.9 Å². The zero-order valence-corrected chi connectivity index (χ0v) is 16.8. The third-order valence-electron chi connectivity index (χ3n) is 2.93. The average Bonchev–Trinajstić information content (AvgIpc) is 2.97. The van der Waals surface area contributed by atoms with E-state index in [-0.39, 0.29) is 41.9 Å². The van der Waals surface area contributed by atoms with E-state index in [2.05, 4.69) is 10.5 Å². The van der Waals surface area contributed by atoms with Gasteiger partial charge in [-0.1, -0.05) is 12.1 Å². The number of amides is 1. The molecule has 0 aliphatic heterocycles. The molecule has 128 valence electrons. The van der Waals surface area contributed by atoms with Gasteiger partial charge in [0.1, 0.15) is 11.5 Å². The Bertz CT molecular complexity index is 876. The molecule has 0 spiro atoms. The SMILES string of the molecule is Cc1ccc(C)c(OCC(=O)N/N=C/c2ccc(S(=O)(=O)[O-])o2)c1.[Na+]. The predicted molar refractivity (Wildman–Crippen MR) is 83.8 cm³/mol. The van der Waals surface area contributed by atoms with Gasteiger partial charge >= 0.3 is 29.6 Å². The molecule has 0 bridgehead atoms. The first-order valence-corrected chi connectivity index (χ1v) is 8.24. The van der Waals surface area contributed by atoms with E-state index >= 15 is 0 Å². The summed E-state index contributed by atoms with van der Waals surface area (Å²) in [7, 11) is -4.66. The molecular weight excluding hydrogens is 359 g/mol. The molecule has 2 rings (SSSR count). The number of aryl methyl sites for hydroxylation is 2. The van der Waals surface area contributed by atoms with Gasteiger partial charge in [0.05, 0.1) is 6.21 Å². The molecule has 25 heavy (non-hydrogen) atoms. The first kappa shape index (κ1) is 21.4. The van der Waals surface area contributed by atoms with E-state index in [0.717, 1.165) is 23.4 Å². The molecule has 1 amide bonds. The number of carbonyl (C=O) groups excluding carboxylic acids is 1. The van der Waals surface area contributed by atoms with Crippen molar-refractivity contribution in [2.75, 3.05) is 6.61 Å². The van der Waals surface area contributed by atoms with E-state index in [4.69, 9.17) is 9.15 Å². The van der Waals surface area contributed by atoms with Crippen LogP contribution in [0.2, 0.25) is 0 Å². The number of hydrogen-bond acceptors (Lipinski definition) is 7. The van der Waals surface area contributed by atoms with Crippen LogP contribution in [-0.2, 0) is 14.9 Å². The summed E-state index contributed by atoms with van der Waals surface area (Å²) in [5.41, 5.74) is 4.11. The molecule has 1 aromatic heterocycles. The number of carbonyl (C=O) groups is 1. The maximum atomic E-state index is 11.6. The van der Waals surface area contributed by atoms with E-state index in [1.165, 1.54) is 6.07 Å². The molecule has 1 N–H and O–H groups in total. The maximum absolute atomic E-state index is 11.6. The number of hydrazone groups is 1. The van der Waals surface area contributed by atoms with E-state index in [1.807, 2.05) is 32.0 Å². The summed E-state index contributed by atoms with van der Waals surface area (Å²) >= 11 is 0. The zero-order chi connectivity index (χ0) is 17.7. The van der Waals surface area contributed by atoms with E-state index in [9.17, 15) is 17.8 Å². The van der Waals surface area contributed by atoms with Crippen LogP contribution in [0.15, 0.2) is 44.9 Å². The Labute approximate surface area is 167 Å². The van der Waals surface area contributed by atoms with Crippen molar-refractivity contribution >= 4 is 22.2 Å². The smallest absolute Gasteiger partial charge is 0.742 e. The molecule has 0 aliphatic rings. The van der Waals surface area contributed by atoms with Gasteiger partial charge in [-0.2, -0.15) is 5.10 Å². The van der Waals surface area contributed by atoms with Crippen molar-refractivity contribution < 1.29 is 56.5 Å². The van der Waals surface area contributed by atoms with E-state index in [0.29, 0.717) is 5.75 Å². The molecule has 0 fully saturated rings. The van der Waals surface area contributed by atoms with E-state index < -0.39 is 21.1 Å². The maximum Gasteiger partial charge on any atom is 1.00 e. The predicted octanol–water partition coefficient (Wildman–Crippen LogP) is -1.67. The molecule has 1 aromatic carbocycles. The minimum atomic E-state index is -4.66. The Morgan fingerprint density at radius 1 is 1.32 bits per heavy atom. The van der Waals surface area contributed by atoms with Crippen molar-refractivity contribution in [3.8, 4) is 5.75 Å². The second-order valence-electron chi connectivity index (χ2n) is 4.96. The minimum Gasteiger partial charge on any atom is -0.742 e. The van der Waals surface area contributed by atoms with Crippen molar-refractivity contribution in [2.24, 2.45) is 5.10 Å². The van der Waals surface area contributed by atoms with Gasteiger partial charge in [-0.25, -0.2) is 13.8 Å². The summed E-state index contributed by atoms with van der Waals surface area (Å²) < 4.78 is 42.3. The normalized spacial score (nSPS) is 11.2. The Morgan fingerprint density at radius 3 is 2.68 bits per heavy atom. The van der Waals surface area contributed by atoms with Gasteiger partial charge in [0.15, 0.2) is 16.7 Å². The number of nitrogens with zero attached hydrogens (tertiary/aromatic N) is 1. The van der Waals surface area contributed by atoms with Crippen LogP contribution in [0.4, 0.5) is 0 Å². The number of furan rings is 1. The quantitative estimate of drug-likeness (QED) is 0.279. The Hall–Kier alpha value is -1.65. The summed E-state index contributed by atoms with van der Waals surface area (Å²) in [5, 5.41) is 2.88. The van der Waals surface area contributed by atoms with Crippen molar-refractivity contribution in [3.05, 3.63) is 47.2 Å². The van der Waals surface area contributed by atoms with Gasteiger partial charge in [-0.3, -0.25) is 4.79 Å². The number of nitrogens with one attached hydrogen (secondary N) is 1. The van der Waals surface area contributed by atoms with Crippen LogP contribution in [0.5, 0.6) is 5.75 Å². The van der Waals surface area contributed by atoms with Crippen molar-refractivity contribution in [3.63, 3.8) is 0 Å². The third kappa shape index (κ3) is 6.63. The van der Waals surface area contributed by atoms with Gasteiger partial charge in [-0.05, 0) is 43.2 Å². The monoisotopic (exact) mass is 374 g/mol. The zero-order valence-electron chi connectivity index (χ0n) is 14.0. The van der Waals surface area contributed by atoms with Crippen LogP contribution in [0.3, 0.4) is 0 Å². The van der Waals surface area contributed by atoms with Crippen LogP contribution >= 0.6 is 0 Å². The molecule has 0 atom stereocenters. The van der Waals surface area contributed by atoms with Crippen LogP contribution in [-0.4, -0.2) is 31.7 Å². The summed E-state index contributed by atoms with van der Waals surface area (Å²) in [6, 6.07) is 7.90. The molecule has 1 heterocycles. The number of benzene rings is 1. The fourth-order valence-electron chi connectivity index (χ4n) is 1.74. The van der Waals surface area contributed by atoms with Crippen molar-refractivity contribution in [1.82, 2.24) is 5.43 Å². The second kappa shape index (κ2) is 9.16. The molecule has 0 radical (unpaired) electrons. The van der Waals surface area contributed by atoms with Gasteiger partial charge in [0.2, 0.25) is 5.09 Å². The number of hydrogen-bond donors (Lipinski definition) is 1. The van der Waals surface area contributed by atoms with Gasteiger partial charge in [0.25, 0.3) is 5.91 Å². The Morgan fingerprint density at radius 2 is 2.04 bits per heavy atom. The van der Waals surface area contributed by atoms with Crippen LogP contribution in [0.1, 0.15) is 16.9 Å². The van der Waals surface area contributed by atoms with Crippen LogP contribution in [0.25, 0.3) is 0 Å². The molecular formula is C15H15N2NaO6S. The Balaban J connectivity index is 0.00000312. The summed E-state index contributed by atoms with van der Waals surface area (Å²) in [6.07, 6.45) is 1.07. The van der Waals surface area contributed by atoms with Gasteiger partial charge in [-0.15, -0.1) is 0 Å². The number of rotatable bonds is 6. The Kier molecular flexibility index (Phi) is 7.84. The molecule has 10 heteroatoms. The molecule has 0 unspecified atom stereocenters. The standard InChI is InChI=1S/C15H16N2O6S.Na/c1-10-3-4-11(2)13(7-10)22-9-14(18)17-16-8-12-5-6-15(23-12)24(19,20)21;/h3-8H,9H2,1-2H3,(H,17,18)(H,19,20,21);/q;+1/p-1/b16-8+;. The average molecular weight is 374 g/mol.